The number of rotatable bonds is 1. The van der Waals surface area contributed by atoms with Crippen LogP contribution >= 0.6 is 0 Å². The van der Waals surface area contributed by atoms with Crippen LogP contribution in [0.25, 0.3) is 0 Å². The number of benzene rings is 1. The molecule has 0 unspecified atom stereocenters. The fraction of sp³-hybridized carbons (Fsp3) is 0.500. The van der Waals surface area contributed by atoms with Gasteiger partial charge in [-0.1, -0.05) is 18.2 Å². The summed E-state index contributed by atoms with van der Waals surface area (Å²) >= 11 is 0. The van der Waals surface area contributed by atoms with E-state index in [1.807, 2.05) is 17.0 Å². The van der Waals surface area contributed by atoms with Crippen LogP contribution in [0.5, 0.6) is 0 Å². The molecule has 0 aromatic heterocycles. The van der Waals surface area contributed by atoms with Gasteiger partial charge in [-0.15, -0.1) is 0 Å². The standard InChI is InChI=1S/C14H18N2O/c1-10-9-11-5-2-3-7-13(11)16(10)14(17)12-6-4-8-15-12/h2-3,5,7,10,12,15H,4,6,8-9H2,1H3/t10-,12-/m1/s1. The molecule has 0 aliphatic carbocycles. The smallest absolute Gasteiger partial charge is 0.244 e. The number of para-hydroxylation sites is 1. The van der Waals surface area contributed by atoms with Gasteiger partial charge in [-0.25, -0.2) is 0 Å². The minimum absolute atomic E-state index is 0.0311. The van der Waals surface area contributed by atoms with E-state index in [1.165, 1.54) is 5.56 Å². The summed E-state index contributed by atoms with van der Waals surface area (Å²) in [6.07, 6.45) is 3.07. The van der Waals surface area contributed by atoms with Crippen LogP contribution in [0.3, 0.4) is 0 Å². The molecule has 3 heteroatoms. The van der Waals surface area contributed by atoms with Crippen molar-refractivity contribution >= 4 is 11.6 Å². The van der Waals surface area contributed by atoms with E-state index in [1.54, 1.807) is 0 Å². The first-order valence-electron chi connectivity index (χ1n) is 6.42. The summed E-state index contributed by atoms with van der Waals surface area (Å²) in [6.45, 7) is 3.10. The van der Waals surface area contributed by atoms with Gasteiger partial charge in [-0.2, -0.15) is 0 Å². The normalized spacial score (nSPS) is 27.2. The summed E-state index contributed by atoms with van der Waals surface area (Å²) in [5.41, 5.74) is 2.41. The fourth-order valence-electron chi connectivity index (χ4n) is 2.96. The van der Waals surface area contributed by atoms with E-state index >= 15 is 0 Å². The molecule has 90 valence electrons. The number of carbonyl (C=O) groups is 1. The lowest BCUT2D eigenvalue weighted by Gasteiger charge is -2.25. The van der Waals surface area contributed by atoms with Crippen LogP contribution in [-0.2, 0) is 11.2 Å². The minimum atomic E-state index is 0.0311. The molecular formula is C14H18N2O. The molecule has 2 heterocycles. The minimum Gasteiger partial charge on any atom is -0.308 e. The van der Waals surface area contributed by atoms with Gasteiger partial charge in [-0.05, 0) is 44.4 Å². The van der Waals surface area contributed by atoms with Gasteiger partial charge in [0.25, 0.3) is 0 Å². The highest BCUT2D eigenvalue weighted by molar-refractivity contribution is 5.99. The first-order valence-corrected chi connectivity index (χ1v) is 6.42. The van der Waals surface area contributed by atoms with Gasteiger partial charge >= 0.3 is 0 Å². The van der Waals surface area contributed by atoms with E-state index in [9.17, 15) is 4.79 Å². The summed E-state index contributed by atoms with van der Waals surface area (Å²) in [4.78, 5) is 14.5. The van der Waals surface area contributed by atoms with Crippen LogP contribution in [0, 0.1) is 0 Å². The molecular weight excluding hydrogens is 212 g/mol. The quantitative estimate of drug-likeness (QED) is 0.796. The highest BCUT2D eigenvalue weighted by atomic mass is 16.2. The molecule has 1 amide bonds. The van der Waals surface area contributed by atoms with Gasteiger partial charge in [-0.3, -0.25) is 4.79 Å². The first kappa shape index (κ1) is 10.8. The Balaban J connectivity index is 1.89. The molecule has 1 N–H and O–H groups in total. The van der Waals surface area contributed by atoms with Crippen LogP contribution < -0.4 is 10.2 Å². The van der Waals surface area contributed by atoms with E-state index in [2.05, 4.69) is 24.4 Å². The maximum absolute atomic E-state index is 12.5. The Morgan fingerprint density at radius 3 is 3.00 bits per heavy atom. The van der Waals surface area contributed by atoms with Crippen molar-refractivity contribution in [3.05, 3.63) is 29.8 Å². The Morgan fingerprint density at radius 2 is 2.24 bits per heavy atom. The average molecular weight is 230 g/mol. The van der Waals surface area contributed by atoms with Crippen LogP contribution in [0.1, 0.15) is 25.3 Å². The van der Waals surface area contributed by atoms with E-state index in [4.69, 9.17) is 0 Å². The Kier molecular flexibility index (Phi) is 2.63. The summed E-state index contributed by atoms with van der Waals surface area (Å²) in [6, 6.07) is 8.57. The number of hydrogen-bond acceptors (Lipinski definition) is 2. The number of nitrogens with one attached hydrogen (secondary N) is 1. The Hall–Kier alpha value is -1.35. The van der Waals surface area contributed by atoms with Crippen molar-refractivity contribution in [3.63, 3.8) is 0 Å². The van der Waals surface area contributed by atoms with Crippen molar-refractivity contribution in [2.45, 2.75) is 38.3 Å². The number of anilines is 1. The maximum Gasteiger partial charge on any atom is 0.244 e. The second-order valence-corrected chi connectivity index (χ2v) is 5.04. The molecule has 1 fully saturated rings. The van der Waals surface area contributed by atoms with Gasteiger partial charge in [0.15, 0.2) is 0 Å². The van der Waals surface area contributed by atoms with Crippen molar-refractivity contribution in [1.82, 2.24) is 5.32 Å². The Labute approximate surface area is 102 Å². The third kappa shape index (κ3) is 1.75. The van der Waals surface area contributed by atoms with Gasteiger partial charge < -0.3 is 10.2 Å². The molecule has 2 aliphatic heterocycles. The number of hydrogen-bond donors (Lipinski definition) is 1. The molecule has 3 nitrogen and oxygen atoms in total. The largest absolute Gasteiger partial charge is 0.308 e. The van der Waals surface area contributed by atoms with Gasteiger partial charge in [0, 0.05) is 11.7 Å². The zero-order chi connectivity index (χ0) is 11.8. The fourth-order valence-corrected chi connectivity index (χ4v) is 2.96. The Morgan fingerprint density at radius 1 is 1.41 bits per heavy atom. The third-order valence-corrected chi connectivity index (χ3v) is 3.80. The monoisotopic (exact) mass is 230 g/mol. The molecule has 1 aromatic carbocycles. The van der Waals surface area contributed by atoms with Crippen LogP contribution in [0.15, 0.2) is 24.3 Å². The van der Waals surface area contributed by atoms with Crippen molar-refractivity contribution < 1.29 is 4.79 Å². The first-order chi connectivity index (χ1) is 8.27. The zero-order valence-electron chi connectivity index (χ0n) is 10.1. The molecule has 17 heavy (non-hydrogen) atoms. The average Bonchev–Trinajstić information content (AvgIpc) is 2.94. The molecule has 2 aliphatic rings. The zero-order valence-corrected chi connectivity index (χ0v) is 10.1. The lowest BCUT2D eigenvalue weighted by atomic mass is 10.1. The van der Waals surface area contributed by atoms with Crippen LogP contribution in [-0.4, -0.2) is 24.5 Å². The van der Waals surface area contributed by atoms with E-state index in [0.717, 1.165) is 31.5 Å². The second-order valence-electron chi connectivity index (χ2n) is 5.04. The molecule has 0 saturated carbocycles. The van der Waals surface area contributed by atoms with Gasteiger partial charge in [0.1, 0.15) is 0 Å². The van der Waals surface area contributed by atoms with Crippen LogP contribution in [0.2, 0.25) is 0 Å². The van der Waals surface area contributed by atoms with Crippen molar-refractivity contribution in [1.29, 1.82) is 0 Å². The van der Waals surface area contributed by atoms with Crippen LogP contribution in [0.4, 0.5) is 5.69 Å². The number of fused-ring (bicyclic) bond motifs is 1. The summed E-state index contributed by atoms with van der Waals surface area (Å²) in [5, 5.41) is 3.29. The predicted octanol–water partition coefficient (Wildman–Crippen LogP) is 1.72. The molecule has 0 spiro atoms. The summed E-state index contributed by atoms with van der Waals surface area (Å²) in [5.74, 6) is 0.250. The lowest BCUT2D eigenvalue weighted by molar-refractivity contribution is -0.120. The second kappa shape index (κ2) is 4.15. The molecule has 1 aromatic rings. The SMILES string of the molecule is C[C@@H]1Cc2ccccc2N1C(=O)[C@H]1CCCN1. The van der Waals surface area contributed by atoms with Crippen molar-refractivity contribution in [2.24, 2.45) is 0 Å². The Bertz CT molecular complexity index is 438. The number of carbonyl (C=O) groups excluding carboxylic acids is 1. The van der Waals surface area contributed by atoms with E-state index in [-0.39, 0.29) is 11.9 Å². The van der Waals surface area contributed by atoms with Crippen molar-refractivity contribution in [3.8, 4) is 0 Å². The highest BCUT2D eigenvalue weighted by Crippen LogP contribution is 2.32. The number of nitrogens with zero attached hydrogens (tertiary/aromatic N) is 1. The molecule has 3 rings (SSSR count). The topological polar surface area (TPSA) is 32.3 Å². The third-order valence-electron chi connectivity index (χ3n) is 3.80. The highest BCUT2D eigenvalue weighted by Gasteiger charge is 2.35. The van der Waals surface area contributed by atoms with Gasteiger partial charge in [0.05, 0.1) is 6.04 Å². The predicted molar refractivity (Wildman–Crippen MR) is 68.1 cm³/mol. The summed E-state index contributed by atoms with van der Waals surface area (Å²) in [7, 11) is 0. The van der Waals surface area contributed by atoms with Crippen molar-refractivity contribution in [2.75, 3.05) is 11.4 Å². The molecule has 0 bridgehead atoms. The number of amides is 1. The molecule has 0 radical (unpaired) electrons. The lowest BCUT2D eigenvalue weighted by Crippen LogP contribution is -2.46. The maximum atomic E-state index is 12.5. The van der Waals surface area contributed by atoms with E-state index in [0.29, 0.717) is 6.04 Å². The molecule has 2 atom stereocenters. The van der Waals surface area contributed by atoms with Gasteiger partial charge in [0.2, 0.25) is 5.91 Å². The molecule has 1 saturated heterocycles. The van der Waals surface area contributed by atoms with E-state index < -0.39 is 0 Å². The summed E-state index contributed by atoms with van der Waals surface area (Å²) < 4.78 is 0.